The van der Waals surface area contributed by atoms with Crippen LogP contribution < -0.4 is 5.73 Å². The molecule has 1 saturated heterocycles. The molecule has 4 rings (SSSR count). The lowest BCUT2D eigenvalue weighted by Crippen LogP contribution is -2.43. The highest BCUT2D eigenvalue weighted by Crippen LogP contribution is 2.53. The fraction of sp³-hybridized carbons (Fsp3) is 0.579. The zero-order valence-electron chi connectivity index (χ0n) is 15.3. The van der Waals surface area contributed by atoms with Gasteiger partial charge in [-0.15, -0.1) is 11.8 Å². The molecule has 134 valence electrons. The van der Waals surface area contributed by atoms with Crippen LogP contribution in [0.3, 0.4) is 0 Å². The molecule has 2 aromatic heterocycles. The average molecular weight is 359 g/mol. The van der Waals surface area contributed by atoms with Crippen molar-refractivity contribution in [3.8, 4) is 0 Å². The first kappa shape index (κ1) is 16.9. The number of pyridine rings is 1. The van der Waals surface area contributed by atoms with Gasteiger partial charge < -0.3 is 10.1 Å². The van der Waals surface area contributed by atoms with Crippen LogP contribution in [-0.4, -0.2) is 38.5 Å². The number of carbonyl (C=O) groups excluding carboxylic acids is 1. The number of rotatable bonds is 5. The maximum absolute atomic E-state index is 11.4. The standard InChI is InChI=1S/C19H26N4OS/c1-11(2)25-15-6-5-7-23-14(15)8-21-18(23)19(3,4)22-9-12-13(10-22)16(12)17(20)24/h5-8,11-13,16H,9-10H2,1-4H3,(H2,20,24). The van der Waals surface area contributed by atoms with E-state index in [2.05, 4.69) is 55.3 Å². The number of fused-ring (bicyclic) bond motifs is 2. The maximum Gasteiger partial charge on any atom is 0.221 e. The second-order valence-corrected chi connectivity index (χ2v) is 9.71. The Balaban J connectivity index is 1.62. The number of hydrogen-bond donors (Lipinski definition) is 1. The van der Waals surface area contributed by atoms with Crippen molar-refractivity contribution in [2.45, 2.75) is 43.4 Å². The average Bonchev–Trinajstić information content (AvgIpc) is 2.88. The molecule has 2 N–H and O–H groups in total. The van der Waals surface area contributed by atoms with Crippen LogP contribution in [-0.2, 0) is 10.3 Å². The number of amides is 1. The fourth-order valence-electron chi connectivity index (χ4n) is 4.35. The number of aromatic nitrogens is 2. The second kappa shape index (κ2) is 5.74. The second-order valence-electron chi connectivity index (χ2n) is 8.10. The minimum atomic E-state index is -0.177. The summed E-state index contributed by atoms with van der Waals surface area (Å²) in [7, 11) is 0. The molecule has 3 heterocycles. The van der Waals surface area contributed by atoms with Crippen LogP contribution in [0, 0.1) is 17.8 Å². The lowest BCUT2D eigenvalue weighted by atomic mass is 10.0. The number of carbonyl (C=O) groups is 1. The van der Waals surface area contributed by atoms with Gasteiger partial charge in [0.1, 0.15) is 5.82 Å². The van der Waals surface area contributed by atoms with E-state index in [1.165, 1.54) is 10.4 Å². The van der Waals surface area contributed by atoms with Crippen LogP contribution in [0.2, 0.25) is 0 Å². The molecular weight excluding hydrogens is 332 g/mol. The van der Waals surface area contributed by atoms with Crippen molar-refractivity contribution in [1.29, 1.82) is 0 Å². The Bertz CT molecular complexity index is 816. The van der Waals surface area contributed by atoms with Gasteiger partial charge in [-0.05, 0) is 37.8 Å². The van der Waals surface area contributed by atoms with Gasteiger partial charge in [0.25, 0.3) is 0 Å². The van der Waals surface area contributed by atoms with Gasteiger partial charge in [0.15, 0.2) is 0 Å². The number of likely N-dealkylation sites (tertiary alicyclic amines) is 1. The molecule has 0 radical (unpaired) electrons. The van der Waals surface area contributed by atoms with E-state index in [4.69, 9.17) is 10.7 Å². The number of imidazole rings is 1. The summed E-state index contributed by atoms with van der Waals surface area (Å²) in [5.41, 5.74) is 6.48. The van der Waals surface area contributed by atoms with E-state index in [9.17, 15) is 4.79 Å². The molecule has 2 aliphatic rings. The van der Waals surface area contributed by atoms with E-state index in [1.54, 1.807) is 0 Å². The molecule has 0 bridgehead atoms. The van der Waals surface area contributed by atoms with Crippen molar-refractivity contribution in [1.82, 2.24) is 14.3 Å². The molecule has 5 nitrogen and oxygen atoms in total. The molecule has 2 unspecified atom stereocenters. The van der Waals surface area contributed by atoms with Gasteiger partial charge in [-0.25, -0.2) is 4.98 Å². The SMILES string of the molecule is CC(C)Sc1cccn2c(C(C)(C)N3CC4C(C3)C4C(N)=O)ncc12. The molecule has 2 aromatic rings. The summed E-state index contributed by atoms with van der Waals surface area (Å²) in [6.07, 6.45) is 4.09. The van der Waals surface area contributed by atoms with E-state index in [0.717, 1.165) is 18.9 Å². The van der Waals surface area contributed by atoms with Crippen LogP contribution in [0.4, 0.5) is 0 Å². The Labute approximate surface area is 153 Å². The molecule has 1 aliphatic heterocycles. The molecule has 1 saturated carbocycles. The topological polar surface area (TPSA) is 63.6 Å². The third kappa shape index (κ3) is 2.66. The molecule has 2 atom stereocenters. The van der Waals surface area contributed by atoms with Gasteiger partial charge in [-0.1, -0.05) is 13.8 Å². The predicted molar refractivity (Wildman–Crippen MR) is 100 cm³/mol. The molecule has 2 fully saturated rings. The van der Waals surface area contributed by atoms with Crippen molar-refractivity contribution in [3.05, 3.63) is 30.4 Å². The highest BCUT2D eigenvalue weighted by molar-refractivity contribution is 8.00. The van der Waals surface area contributed by atoms with Crippen LogP contribution in [0.25, 0.3) is 5.52 Å². The lowest BCUT2D eigenvalue weighted by molar-refractivity contribution is -0.120. The monoisotopic (exact) mass is 358 g/mol. The number of nitrogens with zero attached hydrogens (tertiary/aromatic N) is 3. The minimum Gasteiger partial charge on any atom is -0.369 e. The van der Waals surface area contributed by atoms with E-state index in [1.807, 2.05) is 18.0 Å². The van der Waals surface area contributed by atoms with Gasteiger partial charge in [0.2, 0.25) is 5.91 Å². The molecule has 6 heteroatoms. The third-order valence-electron chi connectivity index (χ3n) is 5.76. The predicted octanol–water partition coefficient (Wildman–Crippen LogP) is 2.73. The molecule has 25 heavy (non-hydrogen) atoms. The number of primary amides is 1. The molecule has 0 spiro atoms. The quantitative estimate of drug-likeness (QED) is 0.835. The first-order valence-electron chi connectivity index (χ1n) is 8.98. The van der Waals surface area contributed by atoms with E-state index < -0.39 is 0 Å². The molecule has 1 aliphatic carbocycles. The molecular formula is C19H26N4OS. The Kier molecular flexibility index (Phi) is 3.88. The van der Waals surface area contributed by atoms with Crippen molar-refractivity contribution in [2.24, 2.45) is 23.5 Å². The van der Waals surface area contributed by atoms with Gasteiger partial charge in [0.05, 0.1) is 17.3 Å². The van der Waals surface area contributed by atoms with Crippen LogP contribution in [0.5, 0.6) is 0 Å². The maximum atomic E-state index is 11.4. The van der Waals surface area contributed by atoms with E-state index >= 15 is 0 Å². The summed E-state index contributed by atoms with van der Waals surface area (Å²) in [6.45, 7) is 10.7. The molecule has 0 aromatic carbocycles. The Hall–Kier alpha value is -1.53. The van der Waals surface area contributed by atoms with E-state index in [0.29, 0.717) is 17.1 Å². The number of hydrogen-bond acceptors (Lipinski definition) is 4. The summed E-state index contributed by atoms with van der Waals surface area (Å²) >= 11 is 1.87. The fourth-order valence-corrected chi connectivity index (χ4v) is 5.29. The van der Waals surface area contributed by atoms with Crippen molar-refractivity contribution in [3.63, 3.8) is 0 Å². The Morgan fingerprint density at radius 3 is 2.64 bits per heavy atom. The van der Waals surface area contributed by atoms with Crippen molar-refractivity contribution in [2.75, 3.05) is 13.1 Å². The number of piperidine rings is 1. The first-order valence-corrected chi connectivity index (χ1v) is 9.86. The zero-order valence-corrected chi connectivity index (χ0v) is 16.1. The third-order valence-corrected chi connectivity index (χ3v) is 6.83. The number of nitrogens with two attached hydrogens (primary N) is 1. The molecule has 1 amide bonds. The van der Waals surface area contributed by atoms with Crippen molar-refractivity contribution < 1.29 is 4.79 Å². The smallest absolute Gasteiger partial charge is 0.221 e. The first-order chi connectivity index (χ1) is 11.8. The zero-order chi connectivity index (χ0) is 17.9. The van der Waals surface area contributed by atoms with Gasteiger partial charge >= 0.3 is 0 Å². The Morgan fingerprint density at radius 1 is 1.36 bits per heavy atom. The van der Waals surface area contributed by atoms with Gasteiger partial charge in [0, 0.05) is 35.3 Å². The van der Waals surface area contributed by atoms with Crippen LogP contribution in [0.1, 0.15) is 33.5 Å². The van der Waals surface area contributed by atoms with Gasteiger partial charge in [-0.3, -0.25) is 9.69 Å². The summed E-state index contributed by atoms with van der Waals surface area (Å²) in [5.74, 6) is 1.91. The van der Waals surface area contributed by atoms with Crippen LogP contribution in [0.15, 0.2) is 29.4 Å². The summed E-state index contributed by atoms with van der Waals surface area (Å²) in [4.78, 5) is 20.0. The summed E-state index contributed by atoms with van der Waals surface area (Å²) in [5, 5.41) is 0.536. The number of thioether (sulfide) groups is 1. The highest BCUT2D eigenvalue weighted by atomic mass is 32.2. The van der Waals surface area contributed by atoms with E-state index in [-0.39, 0.29) is 17.4 Å². The van der Waals surface area contributed by atoms with Crippen LogP contribution >= 0.6 is 11.8 Å². The van der Waals surface area contributed by atoms with Crippen molar-refractivity contribution >= 4 is 23.2 Å². The summed E-state index contributed by atoms with van der Waals surface area (Å²) < 4.78 is 2.22. The normalized spacial score (nSPS) is 26.4. The highest BCUT2D eigenvalue weighted by Gasteiger charge is 2.60. The van der Waals surface area contributed by atoms with Gasteiger partial charge in [-0.2, -0.15) is 0 Å². The largest absolute Gasteiger partial charge is 0.369 e. The Morgan fingerprint density at radius 2 is 2.04 bits per heavy atom. The minimum absolute atomic E-state index is 0.0955. The lowest BCUT2D eigenvalue weighted by Gasteiger charge is -2.36. The summed E-state index contributed by atoms with van der Waals surface area (Å²) in [6, 6.07) is 4.27.